The Morgan fingerprint density at radius 3 is 2.52 bits per heavy atom. The lowest BCUT2D eigenvalue weighted by molar-refractivity contribution is -0.402. The molecule has 0 bridgehead atoms. The Bertz CT molecular complexity index is 636. The number of carbonyl (C=O) groups is 1. The first kappa shape index (κ1) is 14.9. The fourth-order valence-corrected chi connectivity index (χ4v) is 1.56. The highest BCUT2D eigenvalue weighted by atomic mass is 35.5. The molecule has 2 aromatic rings. The second kappa shape index (κ2) is 6.76. The van der Waals surface area contributed by atoms with Crippen LogP contribution in [0.4, 0.5) is 5.88 Å². The van der Waals surface area contributed by atoms with Crippen molar-refractivity contribution in [3.8, 4) is 5.75 Å². The van der Waals surface area contributed by atoms with E-state index in [1.165, 1.54) is 6.07 Å². The molecule has 0 fully saturated rings. The highest BCUT2D eigenvalue weighted by molar-refractivity contribution is 6.30. The minimum atomic E-state index is -0.789. The van der Waals surface area contributed by atoms with Crippen LogP contribution >= 0.6 is 11.6 Å². The molecule has 0 aliphatic heterocycles. The number of furan rings is 1. The maximum absolute atomic E-state index is 11.5. The van der Waals surface area contributed by atoms with Crippen LogP contribution < -0.4 is 4.74 Å². The summed E-state index contributed by atoms with van der Waals surface area (Å²) in [5.74, 6) is -0.945. The topological polar surface area (TPSA) is 91.8 Å². The van der Waals surface area contributed by atoms with E-state index in [1.807, 2.05) is 0 Å². The fourth-order valence-electron chi connectivity index (χ4n) is 1.43. The maximum atomic E-state index is 11.5. The summed E-state index contributed by atoms with van der Waals surface area (Å²) >= 11 is 5.72. The van der Waals surface area contributed by atoms with E-state index >= 15 is 0 Å². The zero-order valence-electron chi connectivity index (χ0n) is 10.7. The van der Waals surface area contributed by atoms with Gasteiger partial charge >= 0.3 is 11.9 Å². The summed E-state index contributed by atoms with van der Waals surface area (Å²) in [6.07, 6.45) is 0. The molecule has 0 saturated carbocycles. The largest absolute Gasteiger partial charge is 0.490 e. The van der Waals surface area contributed by atoms with E-state index in [4.69, 9.17) is 25.5 Å². The lowest BCUT2D eigenvalue weighted by atomic mass is 10.3. The second-order valence-corrected chi connectivity index (χ2v) is 4.27. The molecule has 110 valence electrons. The Balaban J connectivity index is 1.76. The number of nitrogens with zero attached hydrogens (tertiary/aromatic N) is 1. The lowest BCUT2D eigenvalue weighted by Crippen LogP contribution is -2.11. The van der Waals surface area contributed by atoms with Gasteiger partial charge in [0.2, 0.25) is 5.76 Å². The van der Waals surface area contributed by atoms with Crippen molar-refractivity contribution in [3.05, 3.63) is 57.3 Å². The van der Waals surface area contributed by atoms with Gasteiger partial charge in [-0.2, -0.15) is 0 Å². The number of benzene rings is 1. The van der Waals surface area contributed by atoms with Crippen LogP contribution in [0.1, 0.15) is 10.6 Å². The average Bonchev–Trinajstić information content (AvgIpc) is 2.95. The van der Waals surface area contributed by atoms with E-state index in [0.29, 0.717) is 10.8 Å². The van der Waals surface area contributed by atoms with Crippen molar-refractivity contribution in [1.82, 2.24) is 0 Å². The van der Waals surface area contributed by atoms with Crippen LogP contribution in [-0.2, 0) is 4.74 Å². The van der Waals surface area contributed by atoms with Crippen molar-refractivity contribution in [3.63, 3.8) is 0 Å². The molecule has 1 aromatic heterocycles. The zero-order chi connectivity index (χ0) is 15.2. The van der Waals surface area contributed by atoms with Gasteiger partial charge in [0.1, 0.15) is 23.9 Å². The third kappa shape index (κ3) is 4.22. The van der Waals surface area contributed by atoms with Gasteiger partial charge in [-0.3, -0.25) is 10.1 Å². The van der Waals surface area contributed by atoms with Crippen LogP contribution in [0.2, 0.25) is 5.02 Å². The minimum absolute atomic E-state index is 0.0179. The smallest absolute Gasteiger partial charge is 0.433 e. The second-order valence-electron chi connectivity index (χ2n) is 3.83. The SMILES string of the molecule is O=C(OCCOc1ccc(Cl)cc1)c1ccc([N+](=O)[O-])o1. The molecule has 0 amide bonds. The third-order valence-corrected chi connectivity index (χ3v) is 2.62. The zero-order valence-corrected chi connectivity index (χ0v) is 11.4. The first-order valence-electron chi connectivity index (χ1n) is 5.86. The van der Waals surface area contributed by atoms with Crippen LogP contribution in [-0.4, -0.2) is 24.1 Å². The Hall–Kier alpha value is -2.54. The number of ether oxygens (including phenoxy) is 2. The van der Waals surface area contributed by atoms with E-state index in [1.54, 1.807) is 24.3 Å². The standard InChI is InChI=1S/C13H10ClNO6/c14-9-1-3-10(4-2-9)19-7-8-20-13(16)11-5-6-12(21-11)15(17)18/h1-6H,7-8H2. The molecule has 1 heterocycles. The predicted molar refractivity (Wildman–Crippen MR) is 72.6 cm³/mol. The van der Waals surface area contributed by atoms with Gasteiger partial charge in [0, 0.05) is 5.02 Å². The van der Waals surface area contributed by atoms with Crippen molar-refractivity contribution in [1.29, 1.82) is 0 Å². The molecule has 0 aliphatic carbocycles. The van der Waals surface area contributed by atoms with E-state index in [-0.39, 0.29) is 19.0 Å². The van der Waals surface area contributed by atoms with Crippen LogP contribution in [0.15, 0.2) is 40.8 Å². The Labute approximate surface area is 124 Å². The first-order chi connectivity index (χ1) is 10.1. The van der Waals surface area contributed by atoms with Crippen molar-refractivity contribution >= 4 is 23.5 Å². The maximum Gasteiger partial charge on any atom is 0.433 e. The number of halogens is 1. The number of hydrogen-bond acceptors (Lipinski definition) is 6. The van der Waals surface area contributed by atoms with Crippen LogP contribution in [0.3, 0.4) is 0 Å². The molecule has 8 heteroatoms. The van der Waals surface area contributed by atoms with E-state index < -0.39 is 16.8 Å². The molecule has 7 nitrogen and oxygen atoms in total. The monoisotopic (exact) mass is 311 g/mol. The minimum Gasteiger partial charge on any atom is -0.490 e. The van der Waals surface area contributed by atoms with E-state index in [2.05, 4.69) is 0 Å². The van der Waals surface area contributed by atoms with Crippen molar-refractivity contribution in [2.45, 2.75) is 0 Å². The molecular weight excluding hydrogens is 302 g/mol. The summed E-state index contributed by atoms with van der Waals surface area (Å²) < 4.78 is 14.9. The Morgan fingerprint density at radius 1 is 1.19 bits per heavy atom. The van der Waals surface area contributed by atoms with Crippen LogP contribution in [0.25, 0.3) is 0 Å². The van der Waals surface area contributed by atoms with E-state index in [0.717, 1.165) is 6.07 Å². The summed E-state index contributed by atoms with van der Waals surface area (Å²) in [6.45, 7) is 0.117. The van der Waals surface area contributed by atoms with Crippen molar-refractivity contribution in [2.75, 3.05) is 13.2 Å². The number of esters is 1. The first-order valence-corrected chi connectivity index (χ1v) is 6.24. The third-order valence-electron chi connectivity index (χ3n) is 2.37. The van der Waals surface area contributed by atoms with Crippen molar-refractivity contribution in [2.24, 2.45) is 0 Å². The lowest BCUT2D eigenvalue weighted by Gasteiger charge is -2.06. The summed E-state index contributed by atoms with van der Waals surface area (Å²) in [7, 11) is 0. The normalized spacial score (nSPS) is 10.1. The molecule has 0 unspecified atom stereocenters. The number of rotatable bonds is 6. The molecule has 0 radical (unpaired) electrons. The summed E-state index contributed by atoms with van der Waals surface area (Å²) in [5.41, 5.74) is 0. The molecular formula is C13H10ClNO6. The number of nitro groups is 1. The highest BCUT2D eigenvalue weighted by Gasteiger charge is 2.18. The van der Waals surface area contributed by atoms with E-state index in [9.17, 15) is 14.9 Å². The van der Waals surface area contributed by atoms with Crippen molar-refractivity contribution < 1.29 is 23.6 Å². The molecule has 1 aromatic carbocycles. The van der Waals surface area contributed by atoms with Crippen LogP contribution in [0.5, 0.6) is 5.75 Å². The summed E-state index contributed by atoms with van der Waals surface area (Å²) in [4.78, 5) is 21.2. The quantitative estimate of drug-likeness (QED) is 0.352. The van der Waals surface area contributed by atoms with Gasteiger partial charge in [-0.15, -0.1) is 0 Å². The average molecular weight is 312 g/mol. The molecule has 0 aliphatic rings. The van der Waals surface area contributed by atoms with Gasteiger partial charge in [-0.25, -0.2) is 4.79 Å². The molecule has 0 N–H and O–H groups in total. The number of carbonyl (C=O) groups excluding carboxylic acids is 1. The summed E-state index contributed by atoms with van der Waals surface area (Å²) in [5, 5.41) is 11.0. The fraction of sp³-hybridized carbons (Fsp3) is 0.154. The Kier molecular flexibility index (Phi) is 4.78. The van der Waals surface area contributed by atoms with Gasteiger partial charge in [0.25, 0.3) is 0 Å². The molecule has 0 atom stereocenters. The molecule has 21 heavy (non-hydrogen) atoms. The van der Waals surface area contributed by atoms with Gasteiger partial charge in [-0.1, -0.05) is 11.6 Å². The van der Waals surface area contributed by atoms with Gasteiger partial charge in [0.15, 0.2) is 0 Å². The van der Waals surface area contributed by atoms with Gasteiger partial charge < -0.3 is 13.9 Å². The van der Waals surface area contributed by atoms with Gasteiger partial charge in [0.05, 0.1) is 6.07 Å². The number of hydrogen-bond donors (Lipinski definition) is 0. The summed E-state index contributed by atoms with van der Waals surface area (Å²) in [6, 6.07) is 8.97. The highest BCUT2D eigenvalue weighted by Crippen LogP contribution is 2.17. The molecule has 0 saturated heterocycles. The van der Waals surface area contributed by atoms with Gasteiger partial charge in [-0.05, 0) is 30.3 Å². The molecule has 0 spiro atoms. The predicted octanol–water partition coefficient (Wildman–Crippen LogP) is 3.08. The van der Waals surface area contributed by atoms with Crippen LogP contribution in [0, 0.1) is 10.1 Å². The molecule has 2 rings (SSSR count). The Morgan fingerprint density at radius 2 is 1.90 bits per heavy atom.